The van der Waals surface area contributed by atoms with Crippen molar-refractivity contribution in [2.45, 2.75) is 57.7 Å². The van der Waals surface area contributed by atoms with Crippen LogP contribution in [0.3, 0.4) is 0 Å². The van der Waals surface area contributed by atoms with Crippen LogP contribution in [0.4, 0.5) is 13.2 Å². The zero-order valence-electron chi connectivity index (χ0n) is 11.3. The van der Waals surface area contributed by atoms with E-state index in [1.807, 2.05) is 6.92 Å². The van der Waals surface area contributed by atoms with Crippen LogP contribution in [0.2, 0.25) is 0 Å². The molecule has 3 nitrogen and oxygen atoms in total. The number of hydrogen-bond donors (Lipinski definition) is 0. The predicted molar refractivity (Wildman–Crippen MR) is 65.8 cm³/mol. The minimum Gasteiger partial charge on any atom is -0.368 e. The van der Waals surface area contributed by atoms with E-state index in [2.05, 4.69) is 0 Å². The van der Waals surface area contributed by atoms with Crippen molar-refractivity contribution >= 4 is 5.91 Å². The minimum atomic E-state index is -4.35. The summed E-state index contributed by atoms with van der Waals surface area (Å²) in [5, 5.41) is 0. The lowest BCUT2D eigenvalue weighted by atomic mass is 10.3. The minimum absolute atomic E-state index is 0.0443. The Labute approximate surface area is 112 Å². The van der Waals surface area contributed by atoms with Gasteiger partial charge in [-0.2, -0.15) is 13.2 Å². The summed E-state index contributed by atoms with van der Waals surface area (Å²) in [6.45, 7) is 0.610. The van der Waals surface area contributed by atoms with Gasteiger partial charge in [0.1, 0.15) is 13.2 Å². The molecule has 0 N–H and O–H groups in total. The summed E-state index contributed by atoms with van der Waals surface area (Å²) in [6.07, 6.45) is 0.973. The molecule has 0 spiro atoms. The SMILES string of the molecule is CCCCN(CC(F)(F)F)C(=O)COC1CCCC1. The van der Waals surface area contributed by atoms with E-state index in [4.69, 9.17) is 4.74 Å². The summed E-state index contributed by atoms with van der Waals surface area (Å²) in [7, 11) is 0. The van der Waals surface area contributed by atoms with Gasteiger partial charge in [-0.3, -0.25) is 4.79 Å². The lowest BCUT2D eigenvalue weighted by molar-refractivity contribution is -0.165. The third-order valence-electron chi connectivity index (χ3n) is 3.25. The third-order valence-corrected chi connectivity index (χ3v) is 3.25. The number of carbonyl (C=O) groups excluding carboxylic acids is 1. The molecule has 19 heavy (non-hydrogen) atoms. The van der Waals surface area contributed by atoms with E-state index in [-0.39, 0.29) is 19.3 Å². The first-order chi connectivity index (χ1) is 8.92. The van der Waals surface area contributed by atoms with Gasteiger partial charge < -0.3 is 9.64 Å². The van der Waals surface area contributed by atoms with Crippen molar-refractivity contribution in [3.63, 3.8) is 0 Å². The summed E-state index contributed by atoms with van der Waals surface area (Å²) < 4.78 is 42.6. The lowest BCUT2D eigenvalue weighted by Crippen LogP contribution is -2.41. The summed E-state index contributed by atoms with van der Waals surface area (Å²) in [6, 6.07) is 0. The average Bonchev–Trinajstić information content (AvgIpc) is 2.83. The van der Waals surface area contributed by atoms with Gasteiger partial charge in [-0.15, -0.1) is 0 Å². The topological polar surface area (TPSA) is 29.5 Å². The van der Waals surface area contributed by atoms with Crippen molar-refractivity contribution in [3.05, 3.63) is 0 Å². The number of nitrogens with zero attached hydrogens (tertiary/aromatic N) is 1. The van der Waals surface area contributed by atoms with E-state index < -0.39 is 18.6 Å². The monoisotopic (exact) mass is 281 g/mol. The number of carbonyl (C=O) groups is 1. The molecule has 0 radical (unpaired) electrons. The van der Waals surface area contributed by atoms with Crippen molar-refractivity contribution in [1.82, 2.24) is 4.90 Å². The summed E-state index contributed by atoms with van der Waals surface area (Å²) in [4.78, 5) is 12.6. The van der Waals surface area contributed by atoms with E-state index in [0.29, 0.717) is 6.42 Å². The Kier molecular flexibility index (Phi) is 6.62. The number of rotatable bonds is 7. The smallest absolute Gasteiger partial charge is 0.368 e. The van der Waals surface area contributed by atoms with Gasteiger partial charge >= 0.3 is 6.18 Å². The van der Waals surface area contributed by atoms with E-state index in [9.17, 15) is 18.0 Å². The molecule has 1 rings (SSSR count). The Morgan fingerprint density at radius 3 is 2.47 bits per heavy atom. The number of unbranched alkanes of at least 4 members (excludes halogenated alkanes) is 1. The van der Waals surface area contributed by atoms with Crippen LogP contribution >= 0.6 is 0 Å². The molecule has 0 aliphatic heterocycles. The zero-order chi connectivity index (χ0) is 14.3. The maximum atomic E-state index is 12.4. The van der Waals surface area contributed by atoms with Gasteiger partial charge in [0.15, 0.2) is 0 Å². The number of alkyl halides is 3. The largest absolute Gasteiger partial charge is 0.406 e. The van der Waals surface area contributed by atoms with Crippen molar-refractivity contribution in [3.8, 4) is 0 Å². The molecule has 0 unspecified atom stereocenters. The maximum absolute atomic E-state index is 12.4. The molecular weight excluding hydrogens is 259 g/mol. The number of ether oxygens (including phenoxy) is 1. The Morgan fingerprint density at radius 1 is 1.32 bits per heavy atom. The predicted octanol–water partition coefficient (Wildman–Crippen LogP) is 3.14. The molecule has 6 heteroatoms. The highest BCUT2D eigenvalue weighted by Crippen LogP contribution is 2.21. The van der Waals surface area contributed by atoms with Crippen LogP contribution in [0.1, 0.15) is 45.4 Å². The molecule has 1 aliphatic rings. The fourth-order valence-electron chi connectivity index (χ4n) is 2.19. The maximum Gasteiger partial charge on any atom is 0.406 e. The highest BCUT2D eigenvalue weighted by molar-refractivity contribution is 5.77. The quantitative estimate of drug-likeness (QED) is 0.717. The number of hydrogen-bond acceptors (Lipinski definition) is 2. The second-order valence-corrected chi connectivity index (χ2v) is 5.00. The van der Waals surface area contributed by atoms with E-state index in [0.717, 1.165) is 37.0 Å². The van der Waals surface area contributed by atoms with Gasteiger partial charge in [0.05, 0.1) is 6.10 Å². The van der Waals surface area contributed by atoms with Gasteiger partial charge in [0, 0.05) is 6.54 Å². The molecule has 1 amide bonds. The Bertz CT molecular complexity index is 276. The van der Waals surface area contributed by atoms with Gasteiger partial charge in [-0.25, -0.2) is 0 Å². The van der Waals surface area contributed by atoms with Crippen molar-refractivity contribution in [2.75, 3.05) is 19.7 Å². The molecule has 0 bridgehead atoms. The van der Waals surface area contributed by atoms with Crippen molar-refractivity contribution in [2.24, 2.45) is 0 Å². The van der Waals surface area contributed by atoms with Crippen molar-refractivity contribution in [1.29, 1.82) is 0 Å². The molecule has 0 heterocycles. The third kappa shape index (κ3) is 6.80. The molecule has 0 atom stereocenters. The second-order valence-electron chi connectivity index (χ2n) is 5.00. The van der Waals surface area contributed by atoms with Gasteiger partial charge in [0.2, 0.25) is 5.91 Å². The number of halogens is 3. The first kappa shape index (κ1) is 16.3. The lowest BCUT2D eigenvalue weighted by Gasteiger charge is -2.24. The van der Waals surface area contributed by atoms with Crippen LogP contribution < -0.4 is 0 Å². The van der Waals surface area contributed by atoms with Gasteiger partial charge in [-0.1, -0.05) is 26.2 Å². The van der Waals surface area contributed by atoms with E-state index >= 15 is 0 Å². The van der Waals surface area contributed by atoms with Gasteiger partial charge in [0.25, 0.3) is 0 Å². The molecule has 0 aromatic heterocycles. The second kappa shape index (κ2) is 7.72. The zero-order valence-corrected chi connectivity index (χ0v) is 11.3. The molecule has 0 aromatic carbocycles. The molecule has 0 saturated heterocycles. The molecule has 0 aromatic rings. The first-order valence-corrected chi connectivity index (χ1v) is 6.88. The molecule has 1 fully saturated rings. The first-order valence-electron chi connectivity index (χ1n) is 6.88. The van der Waals surface area contributed by atoms with E-state index in [1.54, 1.807) is 0 Å². The highest BCUT2D eigenvalue weighted by atomic mass is 19.4. The van der Waals surface area contributed by atoms with E-state index in [1.165, 1.54) is 0 Å². The Hall–Kier alpha value is -0.780. The fourth-order valence-corrected chi connectivity index (χ4v) is 2.19. The Balaban J connectivity index is 2.40. The van der Waals surface area contributed by atoms with Crippen LogP contribution in [0.15, 0.2) is 0 Å². The summed E-state index contributed by atoms with van der Waals surface area (Å²) in [5.74, 6) is -0.558. The molecular formula is C13H22F3NO2. The molecule has 112 valence electrons. The van der Waals surface area contributed by atoms with Crippen LogP contribution in [0.5, 0.6) is 0 Å². The summed E-state index contributed by atoms with van der Waals surface area (Å²) in [5.41, 5.74) is 0. The van der Waals surface area contributed by atoms with Crippen LogP contribution in [0.25, 0.3) is 0 Å². The Morgan fingerprint density at radius 2 is 1.95 bits per heavy atom. The summed E-state index contributed by atoms with van der Waals surface area (Å²) >= 11 is 0. The van der Waals surface area contributed by atoms with Crippen LogP contribution in [-0.4, -0.2) is 42.8 Å². The number of amides is 1. The van der Waals surface area contributed by atoms with Crippen molar-refractivity contribution < 1.29 is 22.7 Å². The van der Waals surface area contributed by atoms with Crippen LogP contribution in [-0.2, 0) is 9.53 Å². The normalized spacial score (nSPS) is 16.8. The van der Waals surface area contributed by atoms with Crippen LogP contribution in [0, 0.1) is 0 Å². The fraction of sp³-hybridized carbons (Fsp3) is 0.923. The highest BCUT2D eigenvalue weighted by Gasteiger charge is 2.33. The van der Waals surface area contributed by atoms with Gasteiger partial charge in [-0.05, 0) is 19.3 Å². The standard InChI is InChI=1S/C13H22F3NO2/c1-2-3-8-17(10-13(14,15)16)12(18)9-19-11-6-4-5-7-11/h11H,2-10H2,1H3. The average molecular weight is 281 g/mol. The molecule has 1 saturated carbocycles. The molecule has 1 aliphatic carbocycles.